The Kier molecular flexibility index (Phi) is 3.47. The number of halogens is 1. The lowest BCUT2D eigenvalue weighted by Gasteiger charge is -2.01. The maximum Gasteiger partial charge on any atom is 0.254 e. The van der Waals surface area contributed by atoms with Crippen LogP contribution in [0.4, 0.5) is 0 Å². The first-order valence-electron chi connectivity index (χ1n) is 6.38. The molecule has 0 unspecified atom stereocenters. The third-order valence-corrected chi connectivity index (χ3v) is 3.73. The van der Waals surface area contributed by atoms with Crippen molar-refractivity contribution in [1.29, 1.82) is 0 Å². The number of rotatable bonds is 2. The van der Waals surface area contributed by atoms with Gasteiger partial charge in [0.1, 0.15) is 5.82 Å². The van der Waals surface area contributed by atoms with E-state index in [1.807, 2.05) is 18.2 Å². The summed E-state index contributed by atoms with van der Waals surface area (Å²) in [6, 6.07) is 5.80. The molecule has 0 aliphatic carbocycles. The van der Waals surface area contributed by atoms with Crippen molar-refractivity contribution in [3.63, 3.8) is 0 Å². The number of carbonyl (C=O) groups is 1. The highest BCUT2D eigenvalue weighted by Crippen LogP contribution is 2.20. The molecular formula is C15H12BrN3O2. The number of hydrogen-bond acceptors (Lipinski definition) is 3. The van der Waals surface area contributed by atoms with Crippen LogP contribution in [0.3, 0.4) is 0 Å². The van der Waals surface area contributed by atoms with Crippen molar-refractivity contribution in [3.8, 4) is 0 Å². The molecule has 106 valence electrons. The molecule has 2 aromatic heterocycles. The molecule has 0 aliphatic rings. The first kappa shape index (κ1) is 13.8. The van der Waals surface area contributed by atoms with Crippen LogP contribution in [-0.2, 0) is 6.42 Å². The number of nitrogens with zero attached hydrogens (tertiary/aromatic N) is 2. The lowest BCUT2D eigenvalue weighted by Crippen LogP contribution is -2.20. The van der Waals surface area contributed by atoms with Gasteiger partial charge < -0.3 is 4.98 Å². The molecule has 2 heterocycles. The first-order valence-corrected chi connectivity index (χ1v) is 7.17. The Labute approximate surface area is 128 Å². The van der Waals surface area contributed by atoms with Crippen molar-refractivity contribution in [2.75, 3.05) is 0 Å². The predicted octanol–water partition coefficient (Wildman–Crippen LogP) is 2.68. The minimum atomic E-state index is -0.268. The van der Waals surface area contributed by atoms with E-state index in [4.69, 9.17) is 0 Å². The SMILES string of the molecule is Cc1ncc(CC(=O)n2cc3ccc(Br)cc3c2)c(=O)[nH]1. The Morgan fingerprint density at radius 2 is 2.10 bits per heavy atom. The second kappa shape index (κ2) is 5.29. The van der Waals surface area contributed by atoms with E-state index in [1.165, 1.54) is 10.8 Å². The number of fused-ring (bicyclic) bond motifs is 1. The third kappa shape index (κ3) is 2.80. The highest BCUT2D eigenvalue weighted by Gasteiger charge is 2.11. The molecule has 0 fully saturated rings. The van der Waals surface area contributed by atoms with Crippen LogP contribution in [-0.4, -0.2) is 20.4 Å². The average molecular weight is 346 g/mol. The fourth-order valence-corrected chi connectivity index (χ4v) is 2.53. The van der Waals surface area contributed by atoms with E-state index in [-0.39, 0.29) is 17.9 Å². The molecule has 0 aliphatic heterocycles. The van der Waals surface area contributed by atoms with Crippen LogP contribution < -0.4 is 5.56 Å². The van der Waals surface area contributed by atoms with Crippen LogP contribution >= 0.6 is 15.9 Å². The van der Waals surface area contributed by atoms with E-state index in [2.05, 4.69) is 25.9 Å². The van der Waals surface area contributed by atoms with Gasteiger partial charge in [-0.1, -0.05) is 22.0 Å². The first-order chi connectivity index (χ1) is 10.0. The van der Waals surface area contributed by atoms with Crippen LogP contribution in [0, 0.1) is 6.92 Å². The summed E-state index contributed by atoms with van der Waals surface area (Å²) in [6.07, 6.45) is 4.99. The van der Waals surface area contributed by atoms with Crippen molar-refractivity contribution < 1.29 is 4.79 Å². The molecule has 3 aromatic rings. The molecule has 1 aromatic carbocycles. The summed E-state index contributed by atoms with van der Waals surface area (Å²) in [4.78, 5) is 30.6. The number of aryl methyl sites for hydroxylation is 1. The Morgan fingerprint density at radius 1 is 1.33 bits per heavy atom. The number of aromatic amines is 1. The smallest absolute Gasteiger partial charge is 0.254 e. The van der Waals surface area contributed by atoms with Gasteiger partial charge in [0.25, 0.3) is 5.56 Å². The molecule has 0 atom stereocenters. The third-order valence-electron chi connectivity index (χ3n) is 3.23. The summed E-state index contributed by atoms with van der Waals surface area (Å²) in [6.45, 7) is 1.70. The van der Waals surface area contributed by atoms with Crippen LogP contribution in [0.15, 0.2) is 46.1 Å². The van der Waals surface area contributed by atoms with Crippen molar-refractivity contribution >= 4 is 32.6 Å². The lowest BCUT2D eigenvalue weighted by atomic mass is 10.2. The van der Waals surface area contributed by atoms with E-state index < -0.39 is 0 Å². The van der Waals surface area contributed by atoms with Gasteiger partial charge in [-0.2, -0.15) is 0 Å². The zero-order valence-electron chi connectivity index (χ0n) is 11.3. The summed E-state index contributed by atoms with van der Waals surface area (Å²) < 4.78 is 2.47. The number of aromatic nitrogens is 3. The van der Waals surface area contributed by atoms with Crippen molar-refractivity contribution in [1.82, 2.24) is 14.5 Å². The number of hydrogen-bond donors (Lipinski definition) is 1. The Bertz CT molecular complexity index is 895. The predicted molar refractivity (Wildman–Crippen MR) is 83.6 cm³/mol. The summed E-state index contributed by atoms with van der Waals surface area (Å²) in [5.74, 6) is 0.367. The molecule has 3 rings (SSSR count). The quantitative estimate of drug-likeness (QED) is 0.776. The fourth-order valence-electron chi connectivity index (χ4n) is 2.15. The molecule has 21 heavy (non-hydrogen) atoms. The topological polar surface area (TPSA) is 67.8 Å². The summed E-state index contributed by atoms with van der Waals surface area (Å²) in [5.41, 5.74) is 0.0971. The van der Waals surface area contributed by atoms with E-state index in [0.29, 0.717) is 11.4 Å². The van der Waals surface area contributed by atoms with E-state index in [1.54, 1.807) is 19.3 Å². The minimum absolute atomic E-state index is 0.0186. The minimum Gasteiger partial charge on any atom is -0.311 e. The zero-order valence-corrected chi connectivity index (χ0v) is 12.8. The molecule has 0 spiro atoms. The second-order valence-electron chi connectivity index (χ2n) is 4.83. The van der Waals surface area contributed by atoms with Gasteiger partial charge in [-0.15, -0.1) is 0 Å². The molecule has 5 nitrogen and oxygen atoms in total. The summed E-state index contributed by atoms with van der Waals surface area (Å²) >= 11 is 3.40. The van der Waals surface area contributed by atoms with E-state index in [9.17, 15) is 9.59 Å². The number of nitrogens with one attached hydrogen (secondary N) is 1. The van der Waals surface area contributed by atoms with Crippen LogP contribution in [0.1, 0.15) is 16.2 Å². The highest BCUT2D eigenvalue weighted by molar-refractivity contribution is 9.10. The molecule has 1 N–H and O–H groups in total. The van der Waals surface area contributed by atoms with Crippen molar-refractivity contribution in [2.24, 2.45) is 0 Å². The van der Waals surface area contributed by atoms with Gasteiger partial charge in [0.2, 0.25) is 5.91 Å². The van der Waals surface area contributed by atoms with Crippen LogP contribution in [0.25, 0.3) is 10.8 Å². The van der Waals surface area contributed by atoms with Gasteiger partial charge in [-0.05, 0) is 24.4 Å². The molecular weight excluding hydrogens is 334 g/mol. The standard InChI is InChI=1S/C15H12BrN3O2/c1-9-17-6-11(15(21)18-9)5-14(20)19-7-10-2-3-13(16)4-12(10)8-19/h2-4,6-8H,5H2,1H3,(H,17,18,21). The van der Waals surface area contributed by atoms with Crippen LogP contribution in [0.2, 0.25) is 0 Å². The van der Waals surface area contributed by atoms with Gasteiger partial charge in [0.05, 0.1) is 6.42 Å². The normalized spacial score (nSPS) is 11.0. The largest absolute Gasteiger partial charge is 0.311 e. The van der Waals surface area contributed by atoms with Crippen LogP contribution in [0.5, 0.6) is 0 Å². The van der Waals surface area contributed by atoms with Gasteiger partial charge in [-0.3, -0.25) is 14.2 Å². The molecule has 0 bridgehead atoms. The van der Waals surface area contributed by atoms with Gasteiger partial charge >= 0.3 is 0 Å². The van der Waals surface area contributed by atoms with Gasteiger partial charge in [0, 0.05) is 34.0 Å². The molecule has 0 amide bonds. The molecule has 0 saturated heterocycles. The van der Waals surface area contributed by atoms with Gasteiger partial charge in [0.15, 0.2) is 0 Å². The Hall–Kier alpha value is -2.21. The number of carbonyl (C=O) groups excluding carboxylic acids is 1. The number of H-pyrrole nitrogens is 1. The molecule has 0 saturated carbocycles. The average Bonchev–Trinajstić information content (AvgIpc) is 2.85. The van der Waals surface area contributed by atoms with E-state index >= 15 is 0 Å². The van der Waals surface area contributed by atoms with E-state index in [0.717, 1.165) is 15.2 Å². The zero-order chi connectivity index (χ0) is 15.0. The summed E-state index contributed by atoms with van der Waals surface area (Å²) in [7, 11) is 0. The second-order valence-corrected chi connectivity index (χ2v) is 5.75. The maximum atomic E-state index is 12.3. The molecule has 0 radical (unpaired) electrons. The van der Waals surface area contributed by atoms with Gasteiger partial charge in [-0.25, -0.2) is 4.98 Å². The Morgan fingerprint density at radius 3 is 2.86 bits per heavy atom. The number of benzene rings is 1. The summed E-state index contributed by atoms with van der Waals surface area (Å²) in [5, 5.41) is 1.94. The van der Waals surface area contributed by atoms with Crippen molar-refractivity contribution in [2.45, 2.75) is 13.3 Å². The fraction of sp³-hybridized carbons (Fsp3) is 0.133. The highest BCUT2D eigenvalue weighted by atomic mass is 79.9. The lowest BCUT2D eigenvalue weighted by molar-refractivity contribution is 0.0914. The monoisotopic (exact) mass is 345 g/mol. The maximum absolute atomic E-state index is 12.3. The Balaban J connectivity index is 1.91. The molecule has 6 heteroatoms. The van der Waals surface area contributed by atoms with Crippen molar-refractivity contribution in [3.05, 3.63) is 63.0 Å².